The number of carbonyl (C=O) groups is 3. The number of imide groups is 1. The molecule has 0 radical (unpaired) electrons. The molecule has 2 aromatic heterocycles. The summed E-state index contributed by atoms with van der Waals surface area (Å²) >= 11 is 1.51. The molecule has 0 saturated heterocycles. The normalized spacial score (nSPS) is 13.6. The summed E-state index contributed by atoms with van der Waals surface area (Å²) in [5.74, 6) is -1.03. The van der Waals surface area contributed by atoms with E-state index in [4.69, 9.17) is 0 Å². The molecule has 1 atom stereocenters. The SMILES string of the molecule is CCC(C)N1C(=O)c2ccc(C(=O)Nc3cccc(-c4csc(-c5ccccn5)n4)c3)cc2C1=O. The minimum absolute atomic E-state index is 0.202. The molecule has 0 aliphatic carbocycles. The van der Waals surface area contributed by atoms with Gasteiger partial charge in [0.05, 0.1) is 22.5 Å². The Morgan fingerprint density at radius 3 is 2.60 bits per heavy atom. The van der Waals surface area contributed by atoms with Crippen molar-refractivity contribution in [1.82, 2.24) is 14.9 Å². The number of aromatic nitrogens is 2. The zero-order chi connectivity index (χ0) is 24.5. The van der Waals surface area contributed by atoms with E-state index < -0.39 is 0 Å². The van der Waals surface area contributed by atoms with Gasteiger partial charge in [0, 0.05) is 34.4 Å². The number of anilines is 1. The molecular weight excluding hydrogens is 460 g/mol. The van der Waals surface area contributed by atoms with Gasteiger partial charge in [-0.2, -0.15) is 0 Å². The smallest absolute Gasteiger partial charge is 0.261 e. The van der Waals surface area contributed by atoms with E-state index in [1.54, 1.807) is 24.4 Å². The van der Waals surface area contributed by atoms with Gasteiger partial charge in [-0.15, -0.1) is 11.3 Å². The number of thiazole rings is 1. The van der Waals surface area contributed by atoms with Crippen molar-refractivity contribution in [3.63, 3.8) is 0 Å². The van der Waals surface area contributed by atoms with Crippen molar-refractivity contribution >= 4 is 34.7 Å². The van der Waals surface area contributed by atoms with Crippen molar-refractivity contribution in [2.24, 2.45) is 0 Å². The van der Waals surface area contributed by atoms with Crippen molar-refractivity contribution in [1.29, 1.82) is 0 Å². The average Bonchev–Trinajstić information content (AvgIpc) is 3.48. The number of nitrogens with one attached hydrogen (secondary N) is 1. The second-order valence-electron chi connectivity index (χ2n) is 8.29. The predicted octanol–water partition coefficient (Wildman–Crippen LogP) is 5.52. The summed E-state index contributed by atoms with van der Waals surface area (Å²) in [5, 5.41) is 5.66. The Balaban J connectivity index is 1.35. The maximum absolute atomic E-state index is 13.0. The Bertz CT molecular complexity index is 1450. The number of hydrogen-bond acceptors (Lipinski definition) is 6. The molecule has 8 heteroatoms. The highest BCUT2D eigenvalue weighted by molar-refractivity contribution is 7.13. The lowest BCUT2D eigenvalue weighted by Gasteiger charge is -2.20. The first-order valence-electron chi connectivity index (χ1n) is 11.3. The van der Waals surface area contributed by atoms with Crippen LogP contribution in [0.25, 0.3) is 22.0 Å². The zero-order valence-corrected chi connectivity index (χ0v) is 20.0. The van der Waals surface area contributed by atoms with Crippen LogP contribution in [0, 0.1) is 0 Å². The van der Waals surface area contributed by atoms with Crippen LogP contribution in [0.15, 0.2) is 72.2 Å². The van der Waals surface area contributed by atoms with E-state index in [0.29, 0.717) is 23.2 Å². The lowest BCUT2D eigenvalue weighted by atomic mass is 10.0. The number of hydrogen-bond donors (Lipinski definition) is 1. The molecule has 0 spiro atoms. The Labute approximate surface area is 206 Å². The molecule has 1 aliphatic rings. The molecule has 2 aromatic carbocycles. The van der Waals surface area contributed by atoms with Gasteiger partial charge >= 0.3 is 0 Å². The van der Waals surface area contributed by atoms with E-state index in [9.17, 15) is 14.4 Å². The van der Waals surface area contributed by atoms with E-state index in [1.165, 1.54) is 22.3 Å². The maximum Gasteiger partial charge on any atom is 0.261 e. The van der Waals surface area contributed by atoms with Crippen LogP contribution in [0.5, 0.6) is 0 Å². The van der Waals surface area contributed by atoms with E-state index >= 15 is 0 Å². The van der Waals surface area contributed by atoms with Gasteiger partial charge in [0.15, 0.2) is 0 Å². The van der Waals surface area contributed by atoms with Crippen molar-refractivity contribution in [2.75, 3.05) is 5.32 Å². The van der Waals surface area contributed by atoms with Crippen molar-refractivity contribution in [3.05, 3.63) is 88.9 Å². The number of pyridine rings is 1. The van der Waals surface area contributed by atoms with Crippen molar-refractivity contribution in [2.45, 2.75) is 26.3 Å². The van der Waals surface area contributed by atoms with Crippen LogP contribution in [-0.4, -0.2) is 38.6 Å². The first-order valence-corrected chi connectivity index (χ1v) is 12.1. The van der Waals surface area contributed by atoms with Gasteiger partial charge in [0.2, 0.25) is 0 Å². The standard InChI is InChI=1S/C27H22N4O3S/c1-3-16(2)31-26(33)20-11-10-18(14-21(20)27(31)34)24(32)29-19-8-6-7-17(13-19)23-15-35-25(30-23)22-9-4-5-12-28-22/h4-16H,3H2,1-2H3,(H,29,32). The van der Waals surface area contributed by atoms with Gasteiger partial charge in [-0.1, -0.05) is 25.1 Å². The third kappa shape index (κ3) is 4.24. The fraction of sp³-hybridized carbons (Fsp3) is 0.148. The number of amides is 3. The molecule has 0 fully saturated rings. The van der Waals surface area contributed by atoms with Gasteiger partial charge in [-0.25, -0.2) is 4.98 Å². The Morgan fingerprint density at radius 2 is 1.83 bits per heavy atom. The molecule has 4 aromatic rings. The van der Waals surface area contributed by atoms with E-state index in [-0.39, 0.29) is 29.3 Å². The molecule has 3 amide bonds. The summed E-state index contributed by atoms with van der Waals surface area (Å²) in [5.41, 5.74) is 3.97. The van der Waals surface area contributed by atoms with Gasteiger partial charge < -0.3 is 5.32 Å². The largest absolute Gasteiger partial charge is 0.322 e. The Kier molecular flexibility index (Phi) is 5.96. The average molecular weight is 483 g/mol. The molecule has 7 nitrogen and oxygen atoms in total. The monoisotopic (exact) mass is 482 g/mol. The topological polar surface area (TPSA) is 92.3 Å². The van der Waals surface area contributed by atoms with Gasteiger partial charge in [-0.3, -0.25) is 24.3 Å². The third-order valence-electron chi connectivity index (χ3n) is 6.02. The lowest BCUT2D eigenvalue weighted by molar-refractivity contribution is 0.0593. The van der Waals surface area contributed by atoms with Gasteiger partial charge in [-0.05, 0) is 55.8 Å². The number of carbonyl (C=O) groups excluding carboxylic acids is 3. The van der Waals surface area contributed by atoms with Crippen molar-refractivity contribution in [3.8, 4) is 22.0 Å². The third-order valence-corrected chi connectivity index (χ3v) is 6.88. The summed E-state index contributed by atoms with van der Waals surface area (Å²) in [6.45, 7) is 3.76. The molecule has 1 unspecified atom stereocenters. The second kappa shape index (κ2) is 9.23. The summed E-state index contributed by atoms with van der Waals surface area (Å²) in [6, 6.07) is 17.5. The van der Waals surface area contributed by atoms with Crippen LogP contribution in [0.3, 0.4) is 0 Å². The minimum atomic E-state index is -0.361. The summed E-state index contributed by atoms with van der Waals surface area (Å²) in [4.78, 5) is 48.7. The molecule has 174 valence electrons. The van der Waals surface area contributed by atoms with Gasteiger partial charge in [0.25, 0.3) is 17.7 Å². The molecule has 5 rings (SSSR count). The lowest BCUT2D eigenvalue weighted by Crippen LogP contribution is -2.37. The van der Waals surface area contributed by atoms with Crippen LogP contribution in [0.2, 0.25) is 0 Å². The molecule has 1 aliphatic heterocycles. The molecule has 1 N–H and O–H groups in total. The fourth-order valence-corrected chi connectivity index (χ4v) is 4.76. The first-order chi connectivity index (χ1) is 17.0. The summed E-state index contributed by atoms with van der Waals surface area (Å²) < 4.78 is 0. The molecule has 0 bridgehead atoms. The predicted molar refractivity (Wildman–Crippen MR) is 135 cm³/mol. The molecule has 0 saturated carbocycles. The molecule has 3 heterocycles. The number of benzene rings is 2. The fourth-order valence-electron chi connectivity index (χ4n) is 3.96. The van der Waals surface area contributed by atoms with E-state index in [0.717, 1.165) is 22.0 Å². The zero-order valence-electron chi connectivity index (χ0n) is 19.2. The Morgan fingerprint density at radius 1 is 1.00 bits per heavy atom. The number of nitrogens with zero attached hydrogens (tertiary/aromatic N) is 3. The second-order valence-corrected chi connectivity index (χ2v) is 9.14. The molecular formula is C27H22N4O3S. The maximum atomic E-state index is 13.0. The highest BCUT2D eigenvalue weighted by Gasteiger charge is 2.38. The minimum Gasteiger partial charge on any atom is -0.322 e. The van der Waals surface area contributed by atoms with Crippen LogP contribution >= 0.6 is 11.3 Å². The van der Waals surface area contributed by atoms with Crippen molar-refractivity contribution < 1.29 is 14.4 Å². The first kappa shape index (κ1) is 22.6. The van der Waals surface area contributed by atoms with Gasteiger partial charge in [0.1, 0.15) is 5.01 Å². The number of rotatable bonds is 6. The van der Waals surface area contributed by atoms with Crippen LogP contribution < -0.4 is 5.32 Å². The van der Waals surface area contributed by atoms with Crippen LogP contribution in [0.1, 0.15) is 51.3 Å². The molecule has 35 heavy (non-hydrogen) atoms. The quantitative estimate of drug-likeness (QED) is 0.365. The summed E-state index contributed by atoms with van der Waals surface area (Å²) in [6.07, 6.45) is 2.40. The highest BCUT2D eigenvalue weighted by Crippen LogP contribution is 2.30. The number of fused-ring (bicyclic) bond motifs is 1. The van der Waals surface area contributed by atoms with Crippen LogP contribution in [-0.2, 0) is 0 Å². The summed E-state index contributed by atoms with van der Waals surface area (Å²) in [7, 11) is 0. The highest BCUT2D eigenvalue weighted by atomic mass is 32.1. The van der Waals surface area contributed by atoms with E-state index in [2.05, 4.69) is 15.3 Å². The van der Waals surface area contributed by atoms with Crippen LogP contribution in [0.4, 0.5) is 5.69 Å². The Hall–Kier alpha value is -4.17. The van der Waals surface area contributed by atoms with E-state index in [1.807, 2.05) is 55.6 Å².